The molecular weight excluding hydrogens is 594 g/mol. The number of thiol groups is 1. The molecule has 0 saturated carbocycles. The number of aromatic nitrogens is 4. The fourth-order valence-corrected chi connectivity index (χ4v) is 4.98. The first-order valence-electron chi connectivity index (χ1n) is 12.8. The van der Waals surface area contributed by atoms with Gasteiger partial charge in [0.25, 0.3) is 0 Å². The Morgan fingerprint density at radius 1 is 0.837 bits per heavy atom. The van der Waals surface area contributed by atoms with Gasteiger partial charge in [-0.2, -0.15) is 23.1 Å². The highest BCUT2D eigenvalue weighted by Gasteiger charge is 2.38. The zero-order valence-corrected chi connectivity index (χ0v) is 23.7. The topological polar surface area (TPSA) is 123 Å². The molecule has 3 heterocycles. The summed E-state index contributed by atoms with van der Waals surface area (Å²) in [4.78, 5) is 19.9. The van der Waals surface area contributed by atoms with Crippen LogP contribution in [0.3, 0.4) is 0 Å². The molecule has 11 nitrogen and oxygen atoms in total. The maximum Gasteiger partial charge on any atom is 0.451 e. The van der Waals surface area contributed by atoms with Crippen LogP contribution in [0, 0.1) is 5.82 Å². The van der Waals surface area contributed by atoms with Crippen LogP contribution in [0.25, 0.3) is 22.4 Å². The Hall–Kier alpha value is -4.73. The van der Waals surface area contributed by atoms with Crippen LogP contribution in [-0.4, -0.2) is 68.8 Å². The molecule has 1 N–H and O–H groups in total. The predicted octanol–water partition coefficient (Wildman–Crippen LogP) is 4.04. The third-order valence-electron chi connectivity index (χ3n) is 6.60. The van der Waals surface area contributed by atoms with Crippen LogP contribution in [-0.2, 0) is 17.1 Å². The quantitative estimate of drug-likeness (QED) is 0.221. The second-order valence-electron chi connectivity index (χ2n) is 9.28. The van der Waals surface area contributed by atoms with E-state index in [0.717, 1.165) is 12.1 Å². The standard InChI is InChI=1S/C27H25F4N7O4S/c1-41-21-15-20(32-26(33-21)42-2)37-10-12-38(13-11-37)24-22(17-4-3-5-19(14-17)36-43(39)40)23(16-6-8-18(28)9-7-16)34-25(35-24)27(29,30)31/h3-9,14-15,43H,10-13H2,1-2H3,(H,36,39,40). The van der Waals surface area contributed by atoms with Gasteiger partial charge in [0.2, 0.25) is 22.6 Å². The minimum absolute atomic E-state index is 0.0113. The Bertz CT molecular complexity index is 1670. The van der Waals surface area contributed by atoms with E-state index in [4.69, 9.17) is 9.47 Å². The summed E-state index contributed by atoms with van der Waals surface area (Å²) in [5.74, 6) is -1.15. The molecule has 0 radical (unpaired) electrons. The van der Waals surface area contributed by atoms with Crippen molar-refractivity contribution in [2.45, 2.75) is 6.18 Å². The van der Waals surface area contributed by atoms with Crippen molar-refractivity contribution in [3.63, 3.8) is 0 Å². The van der Waals surface area contributed by atoms with Gasteiger partial charge in [0.05, 0.1) is 25.5 Å². The molecule has 2 aromatic heterocycles. The normalized spacial score (nSPS) is 13.7. The third kappa shape index (κ3) is 6.69. The molecule has 0 spiro atoms. The summed E-state index contributed by atoms with van der Waals surface area (Å²) in [6, 6.07) is 12.8. The van der Waals surface area contributed by atoms with Gasteiger partial charge in [0, 0.05) is 43.5 Å². The van der Waals surface area contributed by atoms with E-state index in [1.807, 2.05) is 4.90 Å². The van der Waals surface area contributed by atoms with Crippen LogP contribution in [0.5, 0.6) is 11.9 Å². The van der Waals surface area contributed by atoms with Gasteiger partial charge in [0.1, 0.15) is 17.5 Å². The number of ether oxygens (including phenoxy) is 2. The fraction of sp³-hybridized carbons (Fsp3) is 0.259. The molecule has 1 aliphatic rings. The number of alkyl halides is 3. The Balaban J connectivity index is 1.62. The molecule has 1 aliphatic heterocycles. The highest BCUT2D eigenvalue weighted by atomic mass is 32.2. The lowest BCUT2D eigenvalue weighted by molar-refractivity contribution is -0.144. The van der Waals surface area contributed by atoms with Gasteiger partial charge in [-0.3, -0.25) is 4.72 Å². The van der Waals surface area contributed by atoms with Crippen molar-refractivity contribution in [2.75, 3.05) is 54.9 Å². The molecule has 0 amide bonds. The van der Waals surface area contributed by atoms with E-state index in [1.54, 1.807) is 23.1 Å². The van der Waals surface area contributed by atoms with Crippen molar-refractivity contribution in [2.24, 2.45) is 0 Å². The number of piperazine rings is 1. The molecule has 16 heteroatoms. The molecule has 0 aliphatic carbocycles. The van der Waals surface area contributed by atoms with E-state index in [2.05, 4.69) is 24.7 Å². The van der Waals surface area contributed by atoms with Gasteiger partial charge in [-0.05, 0) is 42.0 Å². The number of nitrogens with zero attached hydrogens (tertiary/aromatic N) is 6. The van der Waals surface area contributed by atoms with Gasteiger partial charge >= 0.3 is 12.2 Å². The Kier molecular flexibility index (Phi) is 8.47. The predicted molar refractivity (Wildman–Crippen MR) is 151 cm³/mol. The summed E-state index contributed by atoms with van der Waals surface area (Å²) in [5.41, 5.74) is 0.910. The summed E-state index contributed by atoms with van der Waals surface area (Å²) in [6.45, 7) is 1.17. The van der Waals surface area contributed by atoms with E-state index in [-0.39, 0.29) is 53.3 Å². The second-order valence-corrected chi connectivity index (χ2v) is 10.0. The first kappa shape index (κ1) is 29.8. The monoisotopic (exact) mass is 619 g/mol. The van der Waals surface area contributed by atoms with Crippen molar-refractivity contribution >= 4 is 28.2 Å². The Morgan fingerprint density at radius 3 is 2.16 bits per heavy atom. The van der Waals surface area contributed by atoms with Crippen molar-refractivity contribution in [1.29, 1.82) is 0 Å². The number of halogens is 4. The first-order chi connectivity index (χ1) is 20.5. The van der Waals surface area contributed by atoms with Gasteiger partial charge < -0.3 is 19.3 Å². The highest BCUT2D eigenvalue weighted by molar-refractivity contribution is 7.73. The fourth-order valence-electron chi connectivity index (χ4n) is 4.63. The number of nitrogens with one attached hydrogen (secondary N) is 1. The third-order valence-corrected chi connectivity index (χ3v) is 7.04. The van der Waals surface area contributed by atoms with Crippen LogP contribution in [0.15, 0.2) is 54.6 Å². The maximum atomic E-state index is 14.1. The summed E-state index contributed by atoms with van der Waals surface area (Å²) in [6.07, 6.45) is -4.89. The van der Waals surface area contributed by atoms with Crippen LogP contribution < -0.4 is 24.0 Å². The molecule has 1 fully saturated rings. The van der Waals surface area contributed by atoms with E-state index in [0.29, 0.717) is 24.5 Å². The molecule has 0 bridgehead atoms. The number of hydrogen-bond acceptors (Lipinski definition) is 10. The van der Waals surface area contributed by atoms with Gasteiger partial charge in [-0.1, -0.05) is 12.1 Å². The van der Waals surface area contributed by atoms with Gasteiger partial charge in [0.15, 0.2) is 0 Å². The maximum absolute atomic E-state index is 14.1. The highest BCUT2D eigenvalue weighted by Crippen LogP contribution is 2.41. The largest absolute Gasteiger partial charge is 0.481 e. The van der Waals surface area contributed by atoms with Gasteiger partial charge in [-0.15, -0.1) is 0 Å². The number of methoxy groups -OCH3 is 2. The zero-order chi connectivity index (χ0) is 30.7. The summed E-state index contributed by atoms with van der Waals surface area (Å²) >= 11 is 0. The SMILES string of the molecule is COc1cc(N2CCN(c3nc(C(F)(F)F)nc(-c4ccc(F)cc4)c3-c3cccc(N[SH](=O)=O)c3)CC2)nc(OC)n1. The van der Waals surface area contributed by atoms with E-state index < -0.39 is 28.7 Å². The van der Waals surface area contributed by atoms with E-state index in [1.165, 1.54) is 38.5 Å². The molecular formula is C27H25F4N7O4S. The summed E-state index contributed by atoms with van der Waals surface area (Å²) < 4.78 is 91.5. The Labute approximate surface area is 245 Å². The lowest BCUT2D eigenvalue weighted by Gasteiger charge is -2.37. The Morgan fingerprint density at radius 2 is 1.53 bits per heavy atom. The van der Waals surface area contributed by atoms with Crippen molar-refractivity contribution in [3.8, 4) is 34.3 Å². The molecule has 226 valence electrons. The van der Waals surface area contributed by atoms with E-state index in [9.17, 15) is 26.0 Å². The van der Waals surface area contributed by atoms with Crippen molar-refractivity contribution < 1.29 is 35.5 Å². The first-order valence-corrected chi connectivity index (χ1v) is 14.0. The number of rotatable bonds is 8. The molecule has 43 heavy (non-hydrogen) atoms. The average molecular weight is 620 g/mol. The lowest BCUT2D eigenvalue weighted by Crippen LogP contribution is -2.47. The molecule has 2 aromatic carbocycles. The smallest absolute Gasteiger partial charge is 0.451 e. The van der Waals surface area contributed by atoms with Crippen LogP contribution >= 0.6 is 0 Å². The molecule has 0 atom stereocenters. The zero-order valence-electron chi connectivity index (χ0n) is 22.8. The number of benzene rings is 2. The second kappa shape index (κ2) is 12.2. The minimum Gasteiger partial charge on any atom is -0.481 e. The van der Waals surface area contributed by atoms with Gasteiger partial charge in [-0.25, -0.2) is 22.8 Å². The van der Waals surface area contributed by atoms with Crippen LogP contribution in [0.1, 0.15) is 5.82 Å². The molecule has 4 aromatic rings. The number of hydrogen-bond donors (Lipinski definition) is 2. The lowest BCUT2D eigenvalue weighted by atomic mass is 9.98. The molecule has 5 rings (SSSR count). The molecule has 1 saturated heterocycles. The molecule has 0 unspecified atom stereocenters. The average Bonchev–Trinajstić information content (AvgIpc) is 3.00. The van der Waals surface area contributed by atoms with Crippen LogP contribution in [0.4, 0.5) is 34.9 Å². The minimum atomic E-state index is -4.89. The summed E-state index contributed by atoms with van der Waals surface area (Å²) in [7, 11) is -0.128. The van der Waals surface area contributed by atoms with Crippen molar-refractivity contribution in [1.82, 2.24) is 19.9 Å². The summed E-state index contributed by atoms with van der Waals surface area (Å²) in [5, 5.41) is 0. The van der Waals surface area contributed by atoms with Crippen molar-refractivity contribution in [3.05, 3.63) is 66.2 Å². The van der Waals surface area contributed by atoms with E-state index >= 15 is 0 Å². The number of anilines is 3. The van der Waals surface area contributed by atoms with Crippen LogP contribution in [0.2, 0.25) is 0 Å².